The molecule has 0 saturated heterocycles. The van der Waals surface area contributed by atoms with E-state index in [1.165, 1.54) is 5.56 Å². The van der Waals surface area contributed by atoms with Gasteiger partial charge in [0.15, 0.2) is 11.5 Å². The van der Waals surface area contributed by atoms with Gasteiger partial charge in [0, 0.05) is 28.3 Å². The van der Waals surface area contributed by atoms with E-state index in [9.17, 15) is 0 Å². The minimum absolute atomic E-state index is 0.630. The number of nitrogens with one attached hydrogen (secondary N) is 1. The average molecular weight is 456 g/mol. The standard InChI is InChI=1S/C17H20BrNO3.C2H2O4/c1-11-7-13(5-6-14(11)18)19-10-12-8-16(21-3)17(22-4)9-15(12)20-2;3-1(4)2(5)6/h5-9,19H,10H2,1-4H3;(H,3,4)(H,5,6). The molecular formula is C19H22BrNO7. The molecule has 9 heteroatoms. The first kappa shape index (κ1) is 23.1. The van der Waals surface area contributed by atoms with Crippen molar-refractivity contribution >= 4 is 33.6 Å². The van der Waals surface area contributed by atoms with Crippen LogP contribution in [-0.4, -0.2) is 43.5 Å². The lowest BCUT2D eigenvalue weighted by atomic mass is 10.1. The van der Waals surface area contributed by atoms with Gasteiger partial charge in [-0.2, -0.15) is 0 Å². The van der Waals surface area contributed by atoms with Crippen molar-refractivity contribution in [3.8, 4) is 17.2 Å². The Labute approximate surface area is 171 Å². The fraction of sp³-hybridized carbons (Fsp3) is 0.263. The van der Waals surface area contributed by atoms with Crippen LogP contribution in [0.15, 0.2) is 34.8 Å². The van der Waals surface area contributed by atoms with Crippen molar-refractivity contribution < 1.29 is 34.0 Å². The van der Waals surface area contributed by atoms with Gasteiger partial charge in [-0.1, -0.05) is 15.9 Å². The maximum absolute atomic E-state index is 9.10. The molecule has 3 N–H and O–H groups in total. The normalized spacial score (nSPS) is 9.61. The molecule has 0 amide bonds. The molecule has 152 valence electrons. The van der Waals surface area contributed by atoms with Crippen LogP contribution in [0.4, 0.5) is 5.69 Å². The van der Waals surface area contributed by atoms with E-state index in [1.807, 2.05) is 24.3 Å². The third kappa shape index (κ3) is 6.66. The monoisotopic (exact) mass is 455 g/mol. The number of hydrogen-bond acceptors (Lipinski definition) is 6. The molecule has 0 bridgehead atoms. The van der Waals surface area contributed by atoms with E-state index >= 15 is 0 Å². The number of hydrogen-bond donors (Lipinski definition) is 3. The van der Waals surface area contributed by atoms with Crippen LogP contribution in [0.25, 0.3) is 0 Å². The molecule has 28 heavy (non-hydrogen) atoms. The summed E-state index contributed by atoms with van der Waals surface area (Å²) in [6.45, 7) is 2.69. The first-order valence-corrected chi connectivity index (χ1v) is 8.77. The summed E-state index contributed by atoms with van der Waals surface area (Å²) in [7, 11) is 4.88. The lowest BCUT2D eigenvalue weighted by Gasteiger charge is -2.15. The molecule has 0 atom stereocenters. The Kier molecular flexibility index (Phi) is 9.10. The first-order chi connectivity index (χ1) is 13.2. The Morgan fingerprint density at radius 1 is 0.929 bits per heavy atom. The lowest BCUT2D eigenvalue weighted by molar-refractivity contribution is -0.159. The number of carbonyl (C=O) groups is 2. The predicted octanol–water partition coefficient (Wildman–Crippen LogP) is 3.55. The van der Waals surface area contributed by atoms with Crippen LogP contribution < -0.4 is 19.5 Å². The van der Waals surface area contributed by atoms with Gasteiger partial charge < -0.3 is 29.7 Å². The second-order valence-electron chi connectivity index (χ2n) is 5.45. The van der Waals surface area contributed by atoms with Crippen LogP contribution in [0.1, 0.15) is 11.1 Å². The summed E-state index contributed by atoms with van der Waals surface area (Å²) in [5.74, 6) is -1.54. The number of rotatable bonds is 6. The fourth-order valence-corrected chi connectivity index (χ4v) is 2.43. The second kappa shape index (κ2) is 11.0. The van der Waals surface area contributed by atoms with Crippen LogP contribution in [-0.2, 0) is 16.1 Å². The van der Waals surface area contributed by atoms with Gasteiger partial charge in [-0.15, -0.1) is 0 Å². The third-order valence-corrected chi connectivity index (χ3v) is 4.50. The maximum atomic E-state index is 9.10. The molecule has 2 aromatic rings. The molecule has 0 aliphatic heterocycles. The molecule has 0 aliphatic rings. The Hall–Kier alpha value is -2.94. The summed E-state index contributed by atoms with van der Waals surface area (Å²) in [5, 5.41) is 18.2. The van der Waals surface area contributed by atoms with E-state index in [0.717, 1.165) is 21.5 Å². The highest BCUT2D eigenvalue weighted by Gasteiger charge is 2.11. The average Bonchev–Trinajstić information content (AvgIpc) is 2.68. The van der Waals surface area contributed by atoms with E-state index in [-0.39, 0.29) is 0 Å². The summed E-state index contributed by atoms with van der Waals surface area (Å²) < 4.78 is 17.2. The number of ether oxygens (including phenoxy) is 3. The van der Waals surface area contributed by atoms with Crippen molar-refractivity contribution in [2.45, 2.75) is 13.5 Å². The molecule has 2 rings (SSSR count). The summed E-state index contributed by atoms with van der Waals surface area (Å²) in [6.07, 6.45) is 0. The van der Waals surface area contributed by atoms with Gasteiger partial charge in [-0.05, 0) is 36.8 Å². The molecule has 0 aromatic heterocycles. The van der Waals surface area contributed by atoms with E-state index in [2.05, 4.69) is 34.2 Å². The molecule has 2 aromatic carbocycles. The van der Waals surface area contributed by atoms with E-state index < -0.39 is 11.9 Å². The molecule has 0 aliphatic carbocycles. The fourth-order valence-electron chi connectivity index (χ4n) is 2.18. The smallest absolute Gasteiger partial charge is 0.414 e. The molecule has 0 unspecified atom stereocenters. The van der Waals surface area contributed by atoms with Gasteiger partial charge in [0.25, 0.3) is 0 Å². The summed E-state index contributed by atoms with van der Waals surface area (Å²) in [5.41, 5.74) is 3.24. The highest BCUT2D eigenvalue weighted by molar-refractivity contribution is 9.10. The summed E-state index contributed by atoms with van der Waals surface area (Å²) >= 11 is 3.50. The molecule has 0 fully saturated rings. The van der Waals surface area contributed by atoms with Crippen molar-refractivity contribution in [2.24, 2.45) is 0 Å². The minimum atomic E-state index is -1.82. The number of carboxylic acids is 2. The molecule has 8 nitrogen and oxygen atoms in total. The van der Waals surface area contributed by atoms with Gasteiger partial charge in [-0.25, -0.2) is 9.59 Å². The molecule has 0 heterocycles. The maximum Gasteiger partial charge on any atom is 0.414 e. The van der Waals surface area contributed by atoms with Crippen molar-refractivity contribution in [1.82, 2.24) is 0 Å². The van der Waals surface area contributed by atoms with Crippen LogP contribution in [0.3, 0.4) is 0 Å². The van der Waals surface area contributed by atoms with Crippen LogP contribution >= 0.6 is 15.9 Å². The van der Waals surface area contributed by atoms with Gasteiger partial charge in [-0.3, -0.25) is 0 Å². The SMILES string of the molecule is COc1cc(OC)c(OC)cc1CNc1ccc(Br)c(C)c1.O=C(O)C(=O)O. The van der Waals surface area contributed by atoms with Gasteiger partial charge >= 0.3 is 11.9 Å². The Morgan fingerprint density at radius 3 is 1.93 bits per heavy atom. The van der Waals surface area contributed by atoms with Gasteiger partial charge in [0.2, 0.25) is 0 Å². The molecule has 0 spiro atoms. The number of benzene rings is 2. The first-order valence-electron chi connectivity index (χ1n) is 7.98. The molecule has 0 radical (unpaired) electrons. The highest BCUT2D eigenvalue weighted by Crippen LogP contribution is 2.35. The number of halogens is 1. The number of anilines is 1. The van der Waals surface area contributed by atoms with Gasteiger partial charge in [0.05, 0.1) is 21.3 Å². The highest BCUT2D eigenvalue weighted by atomic mass is 79.9. The summed E-state index contributed by atoms with van der Waals surface area (Å²) in [6, 6.07) is 9.92. The Morgan fingerprint density at radius 2 is 1.46 bits per heavy atom. The van der Waals surface area contributed by atoms with Crippen molar-refractivity contribution in [3.05, 3.63) is 45.9 Å². The zero-order valence-electron chi connectivity index (χ0n) is 15.9. The zero-order chi connectivity index (χ0) is 21.3. The zero-order valence-corrected chi connectivity index (χ0v) is 17.5. The third-order valence-electron chi connectivity index (χ3n) is 3.61. The van der Waals surface area contributed by atoms with Crippen molar-refractivity contribution in [2.75, 3.05) is 26.6 Å². The lowest BCUT2D eigenvalue weighted by Crippen LogP contribution is -2.09. The largest absolute Gasteiger partial charge is 0.496 e. The number of aliphatic carboxylic acids is 2. The quantitative estimate of drug-likeness (QED) is 0.566. The van der Waals surface area contributed by atoms with Crippen LogP contribution in [0.2, 0.25) is 0 Å². The van der Waals surface area contributed by atoms with Crippen molar-refractivity contribution in [3.63, 3.8) is 0 Å². The predicted molar refractivity (Wildman–Crippen MR) is 108 cm³/mol. The van der Waals surface area contributed by atoms with Crippen molar-refractivity contribution in [1.29, 1.82) is 0 Å². The van der Waals surface area contributed by atoms with Crippen LogP contribution in [0.5, 0.6) is 17.2 Å². The van der Waals surface area contributed by atoms with Gasteiger partial charge in [0.1, 0.15) is 5.75 Å². The number of methoxy groups -OCH3 is 3. The summed E-state index contributed by atoms with van der Waals surface area (Å²) in [4.78, 5) is 18.2. The molecular weight excluding hydrogens is 434 g/mol. The van der Waals surface area contributed by atoms with E-state index in [4.69, 9.17) is 34.0 Å². The minimum Gasteiger partial charge on any atom is -0.496 e. The van der Waals surface area contributed by atoms with E-state index in [1.54, 1.807) is 21.3 Å². The second-order valence-corrected chi connectivity index (χ2v) is 6.30. The topological polar surface area (TPSA) is 114 Å². The number of aryl methyl sites for hydroxylation is 1. The van der Waals surface area contributed by atoms with E-state index in [0.29, 0.717) is 18.0 Å². The Bertz CT molecular complexity index is 827. The van der Waals surface area contributed by atoms with Crippen LogP contribution in [0, 0.1) is 6.92 Å². The number of carboxylic acid groups (broad SMARTS) is 2. The molecule has 0 saturated carbocycles. The Balaban J connectivity index is 0.000000568.